The van der Waals surface area contributed by atoms with Gasteiger partial charge in [0.15, 0.2) is 0 Å². The number of aryl methyl sites for hydroxylation is 2. The van der Waals surface area contributed by atoms with E-state index in [1.807, 2.05) is 70.2 Å². The van der Waals surface area contributed by atoms with Gasteiger partial charge in [-0.3, -0.25) is 4.79 Å². The number of amides is 1. The van der Waals surface area contributed by atoms with Crippen LogP contribution < -0.4 is 15.4 Å². The molecule has 0 radical (unpaired) electrons. The van der Waals surface area contributed by atoms with E-state index in [-0.39, 0.29) is 12.0 Å². The van der Waals surface area contributed by atoms with Crippen molar-refractivity contribution in [3.8, 4) is 5.75 Å². The Morgan fingerprint density at radius 1 is 1.08 bits per heavy atom. The van der Waals surface area contributed by atoms with E-state index in [9.17, 15) is 4.79 Å². The van der Waals surface area contributed by atoms with Gasteiger partial charge in [0.05, 0.1) is 6.10 Å². The van der Waals surface area contributed by atoms with Crippen molar-refractivity contribution < 1.29 is 9.53 Å². The van der Waals surface area contributed by atoms with Crippen LogP contribution >= 0.6 is 0 Å². The summed E-state index contributed by atoms with van der Waals surface area (Å²) >= 11 is 0. The van der Waals surface area contributed by atoms with Crippen molar-refractivity contribution in [1.29, 1.82) is 0 Å². The van der Waals surface area contributed by atoms with Crippen molar-refractivity contribution in [2.24, 2.45) is 0 Å². The van der Waals surface area contributed by atoms with Crippen LogP contribution in [-0.4, -0.2) is 18.6 Å². The van der Waals surface area contributed by atoms with Crippen LogP contribution in [-0.2, 0) is 4.79 Å². The molecule has 0 spiro atoms. The van der Waals surface area contributed by atoms with Crippen LogP contribution in [0.5, 0.6) is 5.75 Å². The predicted octanol–water partition coefficient (Wildman–Crippen LogP) is 4.53. The first kappa shape index (κ1) is 17.9. The van der Waals surface area contributed by atoms with E-state index in [1.54, 1.807) is 0 Å². The fraction of sp³-hybridized carbons (Fsp3) is 0.350. The molecule has 0 heterocycles. The zero-order chi connectivity index (χ0) is 17.5. The number of carbonyl (C=O) groups is 1. The lowest BCUT2D eigenvalue weighted by atomic mass is 10.1. The summed E-state index contributed by atoms with van der Waals surface area (Å²) in [7, 11) is 0. The van der Waals surface area contributed by atoms with E-state index in [0.29, 0.717) is 13.0 Å². The zero-order valence-corrected chi connectivity index (χ0v) is 14.8. The lowest BCUT2D eigenvalue weighted by molar-refractivity contribution is -0.115. The Morgan fingerprint density at radius 2 is 1.79 bits per heavy atom. The number of carbonyl (C=O) groups excluding carboxylic acids is 1. The first-order chi connectivity index (χ1) is 11.4. The maximum atomic E-state index is 12.1. The van der Waals surface area contributed by atoms with Gasteiger partial charge in [-0.2, -0.15) is 0 Å². The second-order valence-corrected chi connectivity index (χ2v) is 6.23. The Bertz CT molecular complexity index is 679. The van der Waals surface area contributed by atoms with E-state index < -0.39 is 0 Å². The summed E-state index contributed by atoms with van der Waals surface area (Å²) in [5.74, 6) is 0.860. The van der Waals surface area contributed by atoms with E-state index in [1.165, 1.54) is 0 Å². The van der Waals surface area contributed by atoms with Gasteiger partial charge in [0.1, 0.15) is 5.75 Å². The average Bonchev–Trinajstić information content (AvgIpc) is 2.52. The maximum Gasteiger partial charge on any atom is 0.226 e. The Balaban J connectivity index is 1.79. The number of hydrogen-bond acceptors (Lipinski definition) is 3. The minimum atomic E-state index is 0.0101. The minimum absolute atomic E-state index is 0.0101. The standard InChI is InChI=1S/C20H26N2O2/c1-14(2)24-18-9-7-17(8-10-18)21-12-11-20(23)22-19-13-15(3)5-6-16(19)4/h5-10,13-14,21H,11-12H2,1-4H3,(H,22,23). The van der Waals surface area contributed by atoms with E-state index in [0.717, 1.165) is 28.3 Å². The van der Waals surface area contributed by atoms with Crippen LogP contribution in [0.3, 0.4) is 0 Å². The monoisotopic (exact) mass is 326 g/mol. The number of benzene rings is 2. The highest BCUT2D eigenvalue weighted by molar-refractivity contribution is 5.91. The predicted molar refractivity (Wildman–Crippen MR) is 99.9 cm³/mol. The molecule has 4 nitrogen and oxygen atoms in total. The molecule has 2 N–H and O–H groups in total. The molecule has 4 heteroatoms. The molecular formula is C20H26N2O2. The summed E-state index contributed by atoms with van der Waals surface area (Å²) in [5.41, 5.74) is 4.07. The number of rotatable bonds is 7. The number of hydrogen-bond donors (Lipinski definition) is 2. The Kier molecular flexibility index (Phi) is 6.24. The second-order valence-electron chi connectivity index (χ2n) is 6.23. The number of anilines is 2. The lowest BCUT2D eigenvalue weighted by Gasteiger charge is -2.12. The molecule has 2 rings (SSSR count). The summed E-state index contributed by atoms with van der Waals surface area (Å²) in [4.78, 5) is 12.1. The molecule has 0 atom stereocenters. The van der Waals surface area contributed by atoms with Gasteiger partial charge in [0.25, 0.3) is 0 Å². The maximum absolute atomic E-state index is 12.1. The fourth-order valence-corrected chi connectivity index (χ4v) is 2.33. The number of nitrogens with one attached hydrogen (secondary N) is 2. The van der Waals surface area contributed by atoms with E-state index in [2.05, 4.69) is 10.6 Å². The van der Waals surface area contributed by atoms with Gasteiger partial charge in [-0.25, -0.2) is 0 Å². The molecule has 24 heavy (non-hydrogen) atoms. The SMILES string of the molecule is Cc1ccc(C)c(NC(=O)CCNc2ccc(OC(C)C)cc2)c1. The molecule has 0 saturated carbocycles. The van der Waals surface area contributed by atoms with Crippen molar-refractivity contribution in [1.82, 2.24) is 0 Å². The molecular weight excluding hydrogens is 300 g/mol. The summed E-state index contributed by atoms with van der Waals surface area (Å²) in [6, 6.07) is 13.8. The average molecular weight is 326 g/mol. The molecule has 0 fully saturated rings. The Morgan fingerprint density at radius 3 is 2.46 bits per heavy atom. The summed E-state index contributed by atoms with van der Waals surface area (Å²) in [6.07, 6.45) is 0.579. The molecule has 0 saturated heterocycles. The van der Waals surface area contributed by atoms with E-state index in [4.69, 9.17) is 4.74 Å². The van der Waals surface area contributed by atoms with Gasteiger partial charge in [-0.05, 0) is 69.2 Å². The van der Waals surface area contributed by atoms with Crippen LogP contribution in [0.25, 0.3) is 0 Å². The topological polar surface area (TPSA) is 50.4 Å². The summed E-state index contributed by atoms with van der Waals surface area (Å²) in [6.45, 7) is 8.60. The second kappa shape index (κ2) is 8.39. The van der Waals surface area contributed by atoms with Crippen LogP contribution in [0.4, 0.5) is 11.4 Å². The highest BCUT2D eigenvalue weighted by Crippen LogP contribution is 2.18. The van der Waals surface area contributed by atoms with Crippen LogP contribution in [0, 0.1) is 13.8 Å². The Labute approximate surface area is 144 Å². The zero-order valence-electron chi connectivity index (χ0n) is 14.8. The molecule has 2 aromatic carbocycles. The minimum Gasteiger partial charge on any atom is -0.491 e. The Hall–Kier alpha value is -2.49. The quantitative estimate of drug-likeness (QED) is 0.786. The van der Waals surface area contributed by atoms with E-state index >= 15 is 0 Å². The smallest absolute Gasteiger partial charge is 0.226 e. The van der Waals surface area contributed by atoms with Crippen LogP contribution in [0.1, 0.15) is 31.4 Å². The molecule has 1 amide bonds. The third-order valence-electron chi connectivity index (χ3n) is 3.57. The summed E-state index contributed by atoms with van der Waals surface area (Å²) < 4.78 is 5.61. The number of ether oxygens (including phenoxy) is 1. The van der Waals surface area contributed by atoms with Crippen molar-refractivity contribution in [2.75, 3.05) is 17.2 Å². The molecule has 0 aliphatic heterocycles. The fourth-order valence-electron chi connectivity index (χ4n) is 2.33. The third kappa shape index (κ3) is 5.61. The molecule has 0 aromatic heterocycles. The van der Waals surface area contributed by atoms with Crippen LogP contribution in [0.2, 0.25) is 0 Å². The summed E-state index contributed by atoms with van der Waals surface area (Å²) in [5, 5.41) is 6.22. The normalized spacial score (nSPS) is 10.5. The highest BCUT2D eigenvalue weighted by atomic mass is 16.5. The van der Waals surface area contributed by atoms with Crippen molar-refractivity contribution in [2.45, 2.75) is 40.2 Å². The first-order valence-corrected chi connectivity index (χ1v) is 8.32. The lowest BCUT2D eigenvalue weighted by Crippen LogP contribution is -2.16. The van der Waals surface area contributed by atoms with Crippen molar-refractivity contribution in [3.05, 3.63) is 53.6 Å². The molecule has 0 aliphatic rings. The van der Waals surface area contributed by atoms with Gasteiger partial charge in [0, 0.05) is 24.3 Å². The van der Waals surface area contributed by atoms with Gasteiger partial charge < -0.3 is 15.4 Å². The molecule has 0 unspecified atom stereocenters. The highest BCUT2D eigenvalue weighted by Gasteiger charge is 2.05. The molecule has 128 valence electrons. The van der Waals surface area contributed by atoms with Crippen molar-refractivity contribution in [3.63, 3.8) is 0 Å². The van der Waals surface area contributed by atoms with Crippen LogP contribution in [0.15, 0.2) is 42.5 Å². The molecule has 2 aromatic rings. The van der Waals surface area contributed by atoms with Gasteiger partial charge in [-0.15, -0.1) is 0 Å². The largest absolute Gasteiger partial charge is 0.491 e. The van der Waals surface area contributed by atoms with Gasteiger partial charge in [-0.1, -0.05) is 12.1 Å². The third-order valence-corrected chi connectivity index (χ3v) is 3.57. The van der Waals surface area contributed by atoms with Gasteiger partial charge in [0.2, 0.25) is 5.91 Å². The van der Waals surface area contributed by atoms with Gasteiger partial charge >= 0.3 is 0 Å². The molecule has 0 aliphatic carbocycles. The van der Waals surface area contributed by atoms with Crippen molar-refractivity contribution >= 4 is 17.3 Å². The first-order valence-electron chi connectivity index (χ1n) is 8.32. The molecule has 0 bridgehead atoms.